The number of nitrogens with one attached hydrogen (secondary N) is 1. The highest BCUT2D eigenvalue weighted by atomic mass is 32.2. The first kappa shape index (κ1) is 23.8. The molecule has 0 unspecified atom stereocenters. The maximum atomic E-state index is 13.2. The van der Waals surface area contributed by atoms with Crippen LogP contribution in [-0.4, -0.2) is 31.9 Å². The van der Waals surface area contributed by atoms with E-state index in [2.05, 4.69) is 10.3 Å². The number of aryl methyl sites for hydroxylation is 1. The molecule has 2 heterocycles. The van der Waals surface area contributed by atoms with E-state index in [1.54, 1.807) is 0 Å². The predicted molar refractivity (Wildman–Crippen MR) is 122 cm³/mol. The van der Waals surface area contributed by atoms with Gasteiger partial charge in [-0.15, -0.1) is 11.8 Å². The second-order valence-corrected chi connectivity index (χ2v) is 9.15. The Hall–Kier alpha value is -3.32. The number of nitrogens with zero attached hydrogens (tertiary/aromatic N) is 3. The van der Waals surface area contributed by atoms with Crippen molar-refractivity contribution in [2.45, 2.75) is 22.6 Å². The summed E-state index contributed by atoms with van der Waals surface area (Å²) in [6, 6.07) is 9.74. The molecule has 34 heavy (non-hydrogen) atoms. The van der Waals surface area contributed by atoms with Gasteiger partial charge in [-0.1, -0.05) is 23.9 Å². The SMILES string of the molecule is O=C(CSc1nc2c(c(=O)n1-c1cccc(C(F)(F)F)c1)SCC2)Nc1cccc([N+](=O)[O-])c1. The Bertz CT molecular complexity index is 1340. The van der Waals surface area contributed by atoms with E-state index in [0.29, 0.717) is 22.8 Å². The largest absolute Gasteiger partial charge is 0.416 e. The fraction of sp³-hybridized carbons (Fsp3) is 0.190. The van der Waals surface area contributed by atoms with Gasteiger partial charge in [-0.2, -0.15) is 13.2 Å². The molecule has 1 N–H and O–H groups in total. The van der Waals surface area contributed by atoms with Gasteiger partial charge >= 0.3 is 6.18 Å². The highest BCUT2D eigenvalue weighted by Crippen LogP contribution is 2.33. The number of carbonyl (C=O) groups excluding carboxylic acids is 1. The molecule has 0 saturated heterocycles. The first-order chi connectivity index (χ1) is 16.1. The number of hydrogen-bond donors (Lipinski definition) is 1. The van der Waals surface area contributed by atoms with Crippen molar-refractivity contribution in [1.82, 2.24) is 9.55 Å². The Morgan fingerprint density at radius 3 is 2.74 bits per heavy atom. The summed E-state index contributed by atoms with van der Waals surface area (Å²) in [5.41, 5.74) is -0.850. The number of hydrogen-bond acceptors (Lipinski definition) is 7. The molecule has 2 aromatic carbocycles. The number of benzene rings is 2. The van der Waals surface area contributed by atoms with Gasteiger partial charge in [-0.25, -0.2) is 4.98 Å². The number of halogens is 3. The van der Waals surface area contributed by atoms with Crippen LogP contribution < -0.4 is 10.9 Å². The smallest absolute Gasteiger partial charge is 0.325 e. The third kappa shape index (κ3) is 5.09. The van der Waals surface area contributed by atoms with Crippen molar-refractivity contribution in [3.05, 3.63) is 80.3 Å². The second-order valence-electron chi connectivity index (χ2n) is 7.10. The minimum atomic E-state index is -4.59. The van der Waals surface area contributed by atoms with E-state index in [1.807, 2.05) is 0 Å². The minimum Gasteiger partial charge on any atom is -0.325 e. The average molecular weight is 509 g/mol. The monoisotopic (exact) mass is 508 g/mol. The minimum absolute atomic E-state index is 0.00998. The maximum absolute atomic E-state index is 13.2. The van der Waals surface area contributed by atoms with Crippen molar-refractivity contribution in [2.75, 3.05) is 16.8 Å². The van der Waals surface area contributed by atoms with Crippen LogP contribution in [0.1, 0.15) is 11.3 Å². The number of non-ortho nitro benzene ring substituents is 1. The first-order valence-corrected chi connectivity index (χ1v) is 11.7. The van der Waals surface area contributed by atoms with E-state index >= 15 is 0 Å². The van der Waals surface area contributed by atoms with Gasteiger partial charge in [0, 0.05) is 30.0 Å². The maximum Gasteiger partial charge on any atom is 0.416 e. The van der Waals surface area contributed by atoms with Crippen LogP contribution in [0.2, 0.25) is 0 Å². The Balaban J connectivity index is 1.63. The number of nitro benzene ring substituents is 1. The molecule has 1 aliphatic heterocycles. The van der Waals surface area contributed by atoms with Crippen molar-refractivity contribution in [1.29, 1.82) is 0 Å². The summed E-state index contributed by atoms with van der Waals surface area (Å²) in [5, 5.41) is 13.5. The van der Waals surface area contributed by atoms with Crippen molar-refractivity contribution in [2.24, 2.45) is 0 Å². The highest BCUT2D eigenvalue weighted by molar-refractivity contribution is 8.00. The molecular formula is C21H15F3N4O4S2. The number of alkyl halides is 3. The number of carbonyl (C=O) groups is 1. The molecule has 0 saturated carbocycles. The predicted octanol–water partition coefficient (Wildman–Crippen LogP) is 4.54. The van der Waals surface area contributed by atoms with Crippen LogP contribution in [0, 0.1) is 10.1 Å². The molecule has 0 aliphatic carbocycles. The average Bonchev–Trinajstić information content (AvgIpc) is 3.26. The van der Waals surface area contributed by atoms with Gasteiger partial charge in [0.2, 0.25) is 5.91 Å². The Labute approximate surface area is 198 Å². The lowest BCUT2D eigenvalue weighted by atomic mass is 10.2. The molecule has 4 rings (SSSR count). The van der Waals surface area contributed by atoms with Gasteiger partial charge in [-0.3, -0.25) is 24.3 Å². The summed E-state index contributed by atoms with van der Waals surface area (Å²) >= 11 is 2.18. The lowest BCUT2D eigenvalue weighted by molar-refractivity contribution is -0.384. The molecule has 13 heteroatoms. The Morgan fingerprint density at radius 2 is 2.00 bits per heavy atom. The normalized spacial score (nSPS) is 12.9. The molecule has 1 amide bonds. The second kappa shape index (κ2) is 9.50. The van der Waals surface area contributed by atoms with Crippen LogP contribution >= 0.6 is 23.5 Å². The zero-order chi connectivity index (χ0) is 24.5. The van der Waals surface area contributed by atoms with E-state index in [0.717, 1.165) is 28.5 Å². The number of nitro groups is 1. The van der Waals surface area contributed by atoms with Gasteiger partial charge in [0.1, 0.15) is 0 Å². The third-order valence-corrected chi connectivity index (χ3v) is 6.82. The van der Waals surface area contributed by atoms with E-state index < -0.39 is 28.1 Å². The van der Waals surface area contributed by atoms with Crippen LogP contribution in [0.4, 0.5) is 24.5 Å². The summed E-state index contributed by atoms with van der Waals surface area (Å²) < 4.78 is 40.8. The van der Waals surface area contributed by atoms with E-state index in [-0.39, 0.29) is 28.0 Å². The molecule has 1 aromatic heterocycles. The quantitative estimate of drug-likeness (QED) is 0.225. The third-order valence-electron chi connectivity index (χ3n) is 4.77. The number of thioether (sulfide) groups is 2. The van der Waals surface area contributed by atoms with Gasteiger partial charge in [0.15, 0.2) is 5.16 Å². The summed E-state index contributed by atoms with van der Waals surface area (Å²) in [6.07, 6.45) is -4.06. The van der Waals surface area contributed by atoms with E-state index in [1.165, 1.54) is 48.2 Å². The van der Waals surface area contributed by atoms with Crippen molar-refractivity contribution >= 4 is 40.8 Å². The zero-order valence-electron chi connectivity index (χ0n) is 17.2. The molecule has 0 fully saturated rings. The molecule has 0 radical (unpaired) electrons. The number of rotatable bonds is 6. The highest BCUT2D eigenvalue weighted by Gasteiger charge is 2.31. The van der Waals surface area contributed by atoms with Gasteiger partial charge in [-0.05, 0) is 24.3 Å². The Kier molecular flexibility index (Phi) is 6.66. The lowest BCUT2D eigenvalue weighted by Gasteiger charge is -2.15. The van der Waals surface area contributed by atoms with E-state index in [4.69, 9.17) is 0 Å². The summed E-state index contributed by atoms with van der Waals surface area (Å²) in [6.45, 7) is 0. The summed E-state index contributed by atoms with van der Waals surface area (Å²) in [4.78, 5) is 40.7. The number of aromatic nitrogens is 2. The van der Waals surface area contributed by atoms with Crippen molar-refractivity contribution in [3.8, 4) is 5.69 Å². The summed E-state index contributed by atoms with van der Waals surface area (Å²) in [5.74, 6) is -0.119. The lowest BCUT2D eigenvalue weighted by Crippen LogP contribution is -2.25. The molecule has 1 aliphatic rings. The Morgan fingerprint density at radius 1 is 1.24 bits per heavy atom. The zero-order valence-corrected chi connectivity index (χ0v) is 18.8. The van der Waals surface area contributed by atoms with Crippen LogP contribution in [0.25, 0.3) is 5.69 Å². The van der Waals surface area contributed by atoms with Crippen LogP contribution in [-0.2, 0) is 17.4 Å². The molecule has 176 valence electrons. The molecule has 0 bridgehead atoms. The molecular weight excluding hydrogens is 493 g/mol. The topological polar surface area (TPSA) is 107 Å². The van der Waals surface area contributed by atoms with Gasteiger partial charge in [0.05, 0.1) is 32.5 Å². The number of amides is 1. The molecule has 0 spiro atoms. The summed E-state index contributed by atoms with van der Waals surface area (Å²) in [7, 11) is 0. The molecule has 3 aromatic rings. The molecule has 0 atom stereocenters. The fourth-order valence-electron chi connectivity index (χ4n) is 3.26. The first-order valence-electron chi connectivity index (χ1n) is 9.77. The van der Waals surface area contributed by atoms with Crippen LogP contribution in [0.5, 0.6) is 0 Å². The van der Waals surface area contributed by atoms with Crippen LogP contribution in [0.3, 0.4) is 0 Å². The van der Waals surface area contributed by atoms with E-state index in [9.17, 15) is 32.9 Å². The fourth-order valence-corrected chi connectivity index (χ4v) is 5.12. The number of anilines is 1. The van der Waals surface area contributed by atoms with Crippen LogP contribution in [0.15, 0.2) is 63.4 Å². The number of fused-ring (bicyclic) bond motifs is 1. The molecule has 8 nitrogen and oxygen atoms in total. The standard InChI is InChI=1S/C21H15F3N4O4S2/c22-21(23,24)12-3-1-5-14(9-12)27-19(30)18-16(7-8-33-18)26-20(27)34-11-17(29)25-13-4-2-6-15(10-13)28(31)32/h1-6,9-10H,7-8,11H2,(H,25,29). The van der Waals surface area contributed by atoms with Crippen molar-refractivity contribution < 1.29 is 22.9 Å². The van der Waals surface area contributed by atoms with Gasteiger partial charge in [0.25, 0.3) is 11.2 Å². The van der Waals surface area contributed by atoms with Crippen molar-refractivity contribution in [3.63, 3.8) is 0 Å². The van der Waals surface area contributed by atoms with Gasteiger partial charge < -0.3 is 5.32 Å².